The van der Waals surface area contributed by atoms with Crippen molar-refractivity contribution in [1.82, 2.24) is 4.98 Å². The van der Waals surface area contributed by atoms with Crippen LogP contribution < -0.4 is 10.1 Å². The van der Waals surface area contributed by atoms with Crippen molar-refractivity contribution < 1.29 is 19.1 Å². The molecule has 0 fully saturated rings. The summed E-state index contributed by atoms with van der Waals surface area (Å²) in [6.45, 7) is 5.37. The Morgan fingerprint density at radius 3 is 2.52 bits per heavy atom. The monoisotopic (exact) mass is 341 g/mol. The molecule has 0 aliphatic rings. The number of esters is 1. The van der Waals surface area contributed by atoms with Crippen molar-refractivity contribution >= 4 is 17.6 Å². The highest BCUT2D eigenvalue weighted by Gasteiger charge is 2.22. The van der Waals surface area contributed by atoms with Gasteiger partial charge in [0.15, 0.2) is 6.61 Å². The number of anilines is 1. The van der Waals surface area contributed by atoms with Gasteiger partial charge >= 0.3 is 5.97 Å². The number of rotatable bonds is 6. The number of ether oxygens (including phenoxy) is 2. The molecule has 2 aromatic rings. The van der Waals surface area contributed by atoms with E-state index in [-0.39, 0.29) is 24.8 Å². The molecule has 0 spiro atoms. The molecule has 0 saturated heterocycles. The standard InChI is InChI=1S/C18H19N3O4/c1-4-24-18(23)16-11(2)15(12(3)20-16)17(22)21-13-5-7-14(8-6-13)25-10-9-19/h5-8,20H,4,10H2,1-3H3,(H,21,22). The Morgan fingerprint density at radius 1 is 1.24 bits per heavy atom. The van der Waals surface area contributed by atoms with E-state index in [2.05, 4.69) is 10.3 Å². The van der Waals surface area contributed by atoms with E-state index in [4.69, 9.17) is 14.7 Å². The zero-order valence-electron chi connectivity index (χ0n) is 14.3. The molecule has 0 aliphatic carbocycles. The fourth-order valence-corrected chi connectivity index (χ4v) is 2.44. The molecule has 25 heavy (non-hydrogen) atoms. The zero-order valence-corrected chi connectivity index (χ0v) is 14.3. The molecule has 130 valence electrons. The lowest BCUT2D eigenvalue weighted by atomic mass is 10.1. The van der Waals surface area contributed by atoms with Gasteiger partial charge in [-0.1, -0.05) is 0 Å². The molecule has 0 saturated carbocycles. The van der Waals surface area contributed by atoms with Crippen LogP contribution in [0.1, 0.15) is 39.0 Å². The number of hydrogen-bond acceptors (Lipinski definition) is 5. The highest BCUT2D eigenvalue weighted by molar-refractivity contribution is 6.08. The third kappa shape index (κ3) is 4.18. The van der Waals surface area contributed by atoms with E-state index in [1.165, 1.54) is 0 Å². The van der Waals surface area contributed by atoms with Gasteiger partial charge in [0.25, 0.3) is 5.91 Å². The first-order chi connectivity index (χ1) is 12.0. The maximum atomic E-state index is 12.5. The fraction of sp³-hybridized carbons (Fsp3) is 0.278. The number of carbonyl (C=O) groups is 2. The van der Waals surface area contributed by atoms with Crippen LogP contribution >= 0.6 is 0 Å². The summed E-state index contributed by atoms with van der Waals surface area (Å²) in [4.78, 5) is 27.4. The van der Waals surface area contributed by atoms with Crippen molar-refractivity contribution in [2.24, 2.45) is 0 Å². The van der Waals surface area contributed by atoms with E-state index >= 15 is 0 Å². The second kappa shape index (κ2) is 8.02. The Labute approximate surface area is 145 Å². The number of carbonyl (C=O) groups excluding carboxylic acids is 2. The molecule has 1 aromatic heterocycles. The van der Waals surface area contributed by atoms with Crippen LogP contribution in [0.15, 0.2) is 24.3 Å². The first-order valence-corrected chi connectivity index (χ1v) is 7.75. The average molecular weight is 341 g/mol. The lowest BCUT2D eigenvalue weighted by molar-refractivity contribution is 0.0519. The summed E-state index contributed by atoms with van der Waals surface area (Å²) in [5.74, 6) is -0.271. The number of nitrogens with one attached hydrogen (secondary N) is 2. The van der Waals surface area contributed by atoms with Gasteiger partial charge in [-0.25, -0.2) is 4.79 Å². The number of nitrogens with zero attached hydrogens (tertiary/aromatic N) is 1. The number of H-pyrrole nitrogens is 1. The lowest BCUT2D eigenvalue weighted by Crippen LogP contribution is -2.14. The maximum absolute atomic E-state index is 12.5. The minimum atomic E-state index is -0.485. The molecule has 1 aromatic carbocycles. The number of amides is 1. The zero-order chi connectivity index (χ0) is 18.4. The first-order valence-electron chi connectivity index (χ1n) is 7.75. The summed E-state index contributed by atoms with van der Waals surface area (Å²) in [5, 5.41) is 11.3. The third-order valence-corrected chi connectivity index (χ3v) is 3.56. The highest BCUT2D eigenvalue weighted by Crippen LogP contribution is 2.21. The van der Waals surface area contributed by atoms with E-state index < -0.39 is 5.97 Å². The van der Waals surface area contributed by atoms with Gasteiger partial charge in [-0.05, 0) is 50.6 Å². The second-order valence-corrected chi connectivity index (χ2v) is 5.27. The van der Waals surface area contributed by atoms with Crippen molar-refractivity contribution in [2.75, 3.05) is 18.5 Å². The van der Waals surface area contributed by atoms with Crippen molar-refractivity contribution in [3.8, 4) is 11.8 Å². The molecular weight excluding hydrogens is 322 g/mol. The molecular formula is C18H19N3O4. The Balaban J connectivity index is 2.16. The molecule has 2 N–H and O–H groups in total. The topological polar surface area (TPSA) is 104 Å². The van der Waals surface area contributed by atoms with Gasteiger partial charge in [0, 0.05) is 11.4 Å². The highest BCUT2D eigenvalue weighted by atomic mass is 16.5. The summed E-state index contributed by atoms with van der Waals surface area (Å²) >= 11 is 0. The van der Waals surface area contributed by atoms with Crippen LogP contribution in [-0.4, -0.2) is 30.1 Å². The minimum absolute atomic E-state index is 0.0376. The molecule has 0 radical (unpaired) electrons. The smallest absolute Gasteiger partial charge is 0.355 e. The summed E-state index contributed by atoms with van der Waals surface area (Å²) < 4.78 is 10.1. The van der Waals surface area contributed by atoms with Gasteiger partial charge in [0.05, 0.1) is 12.2 Å². The first kappa shape index (κ1) is 18.1. The number of aryl methyl sites for hydroxylation is 1. The van der Waals surface area contributed by atoms with Crippen LogP contribution in [0.2, 0.25) is 0 Å². The van der Waals surface area contributed by atoms with E-state index in [1.807, 2.05) is 6.07 Å². The third-order valence-electron chi connectivity index (χ3n) is 3.56. The van der Waals surface area contributed by atoms with Crippen molar-refractivity contribution in [1.29, 1.82) is 5.26 Å². The molecule has 7 nitrogen and oxygen atoms in total. The lowest BCUT2D eigenvalue weighted by Gasteiger charge is -2.07. The largest absolute Gasteiger partial charge is 0.479 e. The number of benzene rings is 1. The summed E-state index contributed by atoms with van der Waals surface area (Å²) in [7, 11) is 0. The maximum Gasteiger partial charge on any atom is 0.355 e. The van der Waals surface area contributed by atoms with E-state index in [0.717, 1.165) is 0 Å². The predicted molar refractivity (Wildman–Crippen MR) is 91.7 cm³/mol. The Kier molecular flexibility index (Phi) is 5.79. The minimum Gasteiger partial charge on any atom is -0.479 e. The SMILES string of the molecule is CCOC(=O)c1[nH]c(C)c(C(=O)Nc2ccc(OCC#N)cc2)c1C. The van der Waals surface area contributed by atoms with Crippen LogP contribution in [0.5, 0.6) is 5.75 Å². The van der Waals surface area contributed by atoms with Gasteiger partial charge in [-0.3, -0.25) is 4.79 Å². The Morgan fingerprint density at radius 2 is 1.92 bits per heavy atom. The van der Waals surface area contributed by atoms with E-state index in [9.17, 15) is 9.59 Å². The van der Waals surface area contributed by atoms with Crippen LogP contribution in [0.3, 0.4) is 0 Å². The number of aromatic nitrogens is 1. The average Bonchev–Trinajstić information content (AvgIpc) is 2.89. The van der Waals surface area contributed by atoms with Crippen LogP contribution in [-0.2, 0) is 4.74 Å². The van der Waals surface area contributed by atoms with Gasteiger partial charge < -0.3 is 19.8 Å². The molecule has 0 aliphatic heterocycles. The van der Waals surface area contributed by atoms with Gasteiger partial charge in [0.1, 0.15) is 17.5 Å². The van der Waals surface area contributed by atoms with Crippen molar-refractivity contribution in [3.63, 3.8) is 0 Å². The fourth-order valence-electron chi connectivity index (χ4n) is 2.44. The number of aromatic amines is 1. The summed E-state index contributed by atoms with van der Waals surface area (Å²) in [5.41, 5.74) is 2.40. The molecule has 0 bridgehead atoms. The van der Waals surface area contributed by atoms with Crippen LogP contribution in [0.25, 0.3) is 0 Å². The van der Waals surface area contributed by atoms with Crippen molar-refractivity contribution in [2.45, 2.75) is 20.8 Å². The van der Waals surface area contributed by atoms with E-state index in [1.54, 1.807) is 45.0 Å². The van der Waals surface area contributed by atoms with Gasteiger partial charge in [-0.15, -0.1) is 0 Å². The Bertz CT molecular complexity index is 816. The molecule has 0 atom stereocenters. The Hall–Kier alpha value is -3.27. The molecule has 0 unspecified atom stereocenters. The van der Waals surface area contributed by atoms with E-state index in [0.29, 0.717) is 28.3 Å². The number of hydrogen-bond donors (Lipinski definition) is 2. The van der Waals surface area contributed by atoms with Gasteiger partial charge in [-0.2, -0.15) is 5.26 Å². The summed E-state index contributed by atoms with van der Waals surface area (Å²) in [6.07, 6.45) is 0. The predicted octanol–water partition coefficient (Wildman–Crippen LogP) is 2.96. The quantitative estimate of drug-likeness (QED) is 0.786. The van der Waals surface area contributed by atoms with Crippen molar-refractivity contribution in [3.05, 3.63) is 46.8 Å². The summed E-state index contributed by atoms with van der Waals surface area (Å²) in [6, 6.07) is 8.55. The van der Waals surface area contributed by atoms with Crippen LogP contribution in [0, 0.1) is 25.2 Å². The molecule has 1 heterocycles. The van der Waals surface area contributed by atoms with Crippen LogP contribution in [0.4, 0.5) is 5.69 Å². The number of nitriles is 1. The second-order valence-electron chi connectivity index (χ2n) is 5.27. The molecule has 1 amide bonds. The molecule has 7 heteroatoms. The van der Waals surface area contributed by atoms with Gasteiger partial charge in [0.2, 0.25) is 0 Å². The normalized spacial score (nSPS) is 10.0. The molecule has 2 rings (SSSR count).